The van der Waals surface area contributed by atoms with Gasteiger partial charge < -0.3 is 4.74 Å². The van der Waals surface area contributed by atoms with E-state index in [4.69, 9.17) is 16.3 Å². The fourth-order valence-corrected chi connectivity index (χ4v) is 3.65. The molecular formula is C19H19ClN2O2S. The van der Waals surface area contributed by atoms with Crippen molar-refractivity contribution < 1.29 is 9.53 Å². The molecule has 2 aromatic carbocycles. The molecule has 0 atom stereocenters. The average molecular weight is 375 g/mol. The van der Waals surface area contributed by atoms with E-state index in [-0.39, 0.29) is 12.5 Å². The quantitative estimate of drug-likeness (QED) is 0.650. The summed E-state index contributed by atoms with van der Waals surface area (Å²) < 4.78 is 6.68. The molecule has 0 saturated carbocycles. The molecule has 3 aromatic rings. The number of carbonyl (C=O) groups excluding carboxylic acids is 1. The van der Waals surface area contributed by atoms with Crippen LogP contribution in [0.1, 0.15) is 30.9 Å². The van der Waals surface area contributed by atoms with Crippen LogP contribution >= 0.6 is 22.9 Å². The summed E-state index contributed by atoms with van der Waals surface area (Å²) in [5, 5.41) is 3.98. The van der Waals surface area contributed by atoms with Gasteiger partial charge >= 0.3 is 0 Å². The average Bonchev–Trinajstić information content (AvgIpc) is 2.93. The van der Waals surface area contributed by atoms with Gasteiger partial charge in [0.1, 0.15) is 5.75 Å². The SMILES string of the molecule is Cc1ccc(C(C)C)c(OCC(=O)Nc2nc3ccc(Cl)cc3s2)c1. The lowest BCUT2D eigenvalue weighted by atomic mass is 10.0. The molecule has 1 N–H and O–H groups in total. The van der Waals surface area contributed by atoms with E-state index in [0.29, 0.717) is 16.1 Å². The number of halogens is 1. The summed E-state index contributed by atoms with van der Waals surface area (Å²) >= 11 is 7.36. The minimum Gasteiger partial charge on any atom is -0.483 e. The Balaban J connectivity index is 1.67. The highest BCUT2D eigenvalue weighted by Gasteiger charge is 2.12. The molecule has 0 aliphatic rings. The molecule has 25 heavy (non-hydrogen) atoms. The number of aromatic nitrogens is 1. The van der Waals surface area contributed by atoms with Gasteiger partial charge in [0.25, 0.3) is 5.91 Å². The molecule has 6 heteroatoms. The summed E-state index contributed by atoms with van der Waals surface area (Å²) in [7, 11) is 0. The van der Waals surface area contributed by atoms with Crippen molar-refractivity contribution >= 4 is 44.2 Å². The monoisotopic (exact) mass is 374 g/mol. The Hall–Kier alpha value is -2.11. The van der Waals surface area contributed by atoms with Crippen molar-refractivity contribution in [1.82, 2.24) is 4.98 Å². The highest BCUT2D eigenvalue weighted by Crippen LogP contribution is 2.29. The van der Waals surface area contributed by atoms with Crippen LogP contribution in [0.2, 0.25) is 5.02 Å². The number of fused-ring (bicyclic) bond motifs is 1. The van der Waals surface area contributed by atoms with Gasteiger partial charge in [-0.3, -0.25) is 10.1 Å². The van der Waals surface area contributed by atoms with Crippen LogP contribution in [0.5, 0.6) is 5.75 Å². The van der Waals surface area contributed by atoms with E-state index >= 15 is 0 Å². The van der Waals surface area contributed by atoms with Gasteiger partial charge in [-0.25, -0.2) is 4.98 Å². The number of hydrogen-bond acceptors (Lipinski definition) is 4. The molecule has 3 rings (SSSR count). The lowest BCUT2D eigenvalue weighted by Crippen LogP contribution is -2.20. The molecule has 1 aromatic heterocycles. The summed E-state index contributed by atoms with van der Waals surface area (Å²) in [4.78, 5) is 16.6. The minimum atomic E-state index is -0.235. The van der Waals surface area contributed by atoms with Gasteiger partial charge in [0, 0.05) is 5.02 Å². The molecule has 0 aliphatic heterocycles. The first-order valence-electron chi connectivity index (χ1n) is 8.01. The highest BCUT2D eigenvalue weighted by atomic mass is 35.5. The molecule has 1 amide bonds. The fourth-order valence-electron chi connectivity index (χ4n) is 2.49. The lowest BCUT2D eigenvalue weighted by Gasteiger charge is -2.14. The van der Waals surface area contributed by atoms with Crippen LogP contribution in [0.4, 0.5) is 5.13 Å². The third kappa shape index (κ3) is 4.30. The minimum absolute atomic E-state index is 0.0557. The van der Waals surface area contributed by atoms with Crippen molar-refractivity contribution in [3.05, 3.63) is 52.5 Å². The van der Waals surface area contributed by atoms with Gasteiger partial charge in [-0.05, 0) is 48.2 Å². The smallest absolute Gasteiger partial charge is 0.264 e. The fraction of sp³-hybridized carbons (Fsp3) is 0.263. The maximum Gasteiger partial charge on any atom is 0.264 e. The van der Waals surface area contributed by atoms with E-state index in [0.717, 1.165) is 27.1 Å². The summed E-state index contributed by atoms with van der Waals surface area (Å²) in [5.41, 5.74) is 3.00. The number of carbonyl (C=O) groups is 1. The van der Waals surface area contributed by atoms with Crippen molar-refractivity contribution in [2.75, 3.05) is 11.9 Å². The van der Waals surface area contributed by atoms with Crippen molar-refractivity contribution in [3.63, 3.8) is 0 Å². The summed E-state index contributed by atoms with van der Waals surface area (Å²) in [5.74, 6) is 0.843. The van der Waals surface area contributed by atoms with Gasteiger partial charge in [0.05, 0.1) is 10.2 Å². The highest BCUT2D eigenvalue weighted by molar-refractivity contribution is 7.22. The number of hydrogen-bond donors (Lipinski definition) is 1. The summed E-state index contributed by atoms with van der Waals surface area (Å²) in [6.45, 7) is 6.15. The van der Waals surface area contributed by atoms with Crippen LogP contribution in [-0.4, -0.2) is 17.5 Å². The third-order valence-corrected chi connectivity index (χ3v) is 4.92. The molecule has 0 radical (unpaired) electrons. The zero-order chi connectivity index (χ0) is 18.0. The molecule has 1 heterocycles. The van der Waals surface area contributed by atoms with Gasteiger partial charge in [-0.2, -0.15) is 0 Å². The number of anilines is 1. The van der Waals surface area contributed by atoms with Crippen LogP contribution in [0, 0.1) is 6.92 Å². The molecule has 4 nitrogen and oxygen atoms in total. The first-order chi connectivity index (χ1) is 11.9. The topological polar surface area (TPSA) is 51.2 Å². The molecule has 130 valence electrons. The molecule has 0 unspecified atom stereocenters. The zero-order valence-electron chi connectivity index (χ0n) is 14.3. The van der Waals surface area contributed by atoms with Crippen molar-refractivity contribution in [3.8, 4) is 5.75 Å². The number of rotatable bonds is 5. The molecule has 0 spiro atoms. The van der Waals surface area contributed by atoms with Crippen LogP contribution in [0.15, 0.2) is 36.4 Å². The normalized spacial score (nSPS) is 11.1. The molecule has 0 aliphatic carbocycles. The van der Waals surface area contributed by atoms with E-state index in [1.54, 1.807) is 6.07 Å². The largest absolute Gasteiger partial charge is 0.483 e. The second-order valence-electron chi connectivity index (χ2n) is 6.16. The Morgan fingerprint density at radius 3 is 2.84 bits per heavy atom. The molecule has 0 bridgehead atoms. The number of thiazole rings is 1. The van der Waals surface area contributed by atoms with Gasteiger partial charge in [-0.15, -0.1) is 0 Å². The zero-order valence-corrected chi connectivity index (χ0v) is 15.9. The Kier molecular flexibility index (Phi) is 5.25. The molecule has 0 saturated heterocycles. The third-order valence-electron chi connectivity index (χ3n) is 3.75. The van der Waals surface area contributed by atoms with E-state index in [1.807, 2.05) is 31.2 Å². The van der Waals surface area contributed by atoms with Gasteiger partial charge in [-0.1, -0.05) is 48.9 Å². The number of amides is 1. The van der Waals surface area contributed by atoms with Crippen molar-refractivity contribution in [2.24, 2.45) is 0 Å². The Morgan fingerprint density at radius 2 is 2.08 bits per heavy atom. The van der Waals surface area contributed by atoms with Crippen LogP contribution in [0.25, 0.3) is 10.2 Å². The lowest BCUT2D eigenvalue weighted by molar-refractivity contribution is -0.118. The molecular weight excluding hydrogens is 356 g/mol. The van der Waals surface area contributed by atoms with E-state index < -0.39 is 0 Å². The number of aryl methyl sites for hydroxylation is 1. The van der Waals surface area contributed by atoms with Crippen molar-refractivity contribution in [1.29, 1.82) is 0 Å². The maximum atomic E-state index is 12.2. The number of nitrogens with zero attached hydrogens (tertiary/aromatic N) is 1. The van der Waals surface area contributed by atoms with Crippen molar-refractivity contribution in [2.45, 2.75) is 26.7 Å². The van der Waals surface area contributed by atoms with E-state index in [1.165, 1.54) is 11.3 Å². The van der Waals surface area contributed by atoms with Crippen LogP contribution < -0.4 is 10.1 Å². The summed E-state index contributed by atoms with van der Waals surface area (Å²) in [6, 6.07) is 11.5. The maximum absolute atomic E-state index is 12.2. The Labute approximate surface area is 155 Å². The standard InChI is InChI=1S/C19H19ClN2O2S/c1-11(2)14-6-4-12(3)8-16(14)24-10-18(23)22-19-21-15-7-5-13(20)9-17(15)25-19/h4-9,11H,10H2,1-3H3,(H,21,22,23). The first-order valence-corrected chi connectivity index (χ1v) is 9.21. The van der Waals surface area contributed by atoms with Gasteiger partial charge in [0.15, 0.2) is 11.7 Å². The second-order valence-corrected chi connectivity index (χ2v) is 7.63. The van der Waals surface area contributed by atoms with E-state index in [2.05, 4.69) is 30.2 Å². The number of ether oxygens (including phenoxy) is 1. The van der Waals surface area contributed by atoms with E-state index in [9.17, 15) is 4.79 Å². The molecule has 0 fully saturated rings. The Bertz CT molecular complexity index is 921. The number of benzene rings is 2. The summed E-state index contributed by atoms with van der Waals surface area (Å²) in [6.07, 6.45) is 0. The van der Waals surface area contributed by atoms with Crippen LogP contribution in [-0.2, 0) is 4.79 Å². The predicted octanol–water partition coefficient (Wildman–Crippen LogP) is 5.40. The second kappa shape index (κ2) is 7.42. The predicted molar refractivity (Wildman–Crippen MR) is 104 cm³/mol. The first kappa shape index (κ1) is 17.7. The van der Waals surface area contributed by atoms with Gasteiger partial charge in [0.2, 0.25) is 0 Å². The van der Waals surface area contributed by atoms with Crippen LogP contribution in [0.3, 0.4) is 0 Å². The Morgan fingerprint density at radius 1 is 1.28 bits per heavy atom. The number of nitrogens with one attached hydrogen (secondary N) is 1.